The van der Waals surface area contributed by atoms with Crippen LogP contribution in [-0.4, -0.2) is 50.6 Å². The molecule has 1 saturated heterocycles. The van der Waals surface area contributed by atoms with Crippen LogP contribution in [0.4, 0.5) is 0 Å². The highest BCUT2D eigenvalue weighted by Gasteiger charge is 2.31. The van der Waals surface area contributed by atoms with Crippen molar-refractivity contribution < 1.29 is 9.90 Å². The van der Waals surface area contributed by atoms with Crippen LogP contribution < -0.4 is 0 Å². The first-order valence-corrected chi connectivity index (χ1v) is 6.10. The van der Waals surface area contributed by atoms with Crippen molar-refractivity contribution in [1.82, 2.24) is 19.9 Å². The molecule has 6 heteroatoms. The first-order valence-electron chi connectivity index (χ1n) is 6.10. The molecule has 0 aromatic carbocycles. The molecule has 92 valence electrons. The van der Waals surface area contributed by atoms with Gasteiger partial charge in [-0.15, -0.1) is 5.10 Å². The van der Waals surface area contributed by atoms with Gasteiger partial charge in [0.1, 0.15) is 0 Å². The second-order valence-electron chi connectivity index (χ2n) is 5.03. The van der Waals surface area contributed by atoms with Crippen LogP contribution in [0, 0.1) is 5.92 Å². The van der Waals surface area contributed by atoms with E-state index >= 15 is 0 Å². The summed E-state index contributed by atoms with van der Waals surface area (Å²) >= 11 is 0. The lowest BCUT2D eigenvalue weighted by Gasteiger charge is -2.38. The van der Waals surface area contributed by atoms with Crippen molar-refractivity contribution in [2.75, 3.05) is 19.6 Å². The van der Waals surface area contributed by atoms with Gasteiger partial charge in [-0.05, 0) is 18.9 Å². The second-order valence-corrected chi connectivity index (χ2v) is 5.03. The Labute approximate surface area is 99.2 Å². The summed E-state index contributed by atoms with van der Waals surface area (Å²) < 4.78 is 1.68. The highest BCUT2D eigenvalue weighted by molar-refractivity contribution is 5.84. The van der Waals surface area contributed by atoms with Gasteiger partial charge in [0.25, 0.3) is 0 Å². The molecule has 0 unspecified atom stereocenters. The summed E-state index contributed by atoms with van der Waals surface area (Å²) in [5, 5.41) is 16.2. The Morgan fingerprint density at radius 1 is 1.47 bits per heavy atom. The molecule has 2 aliphatic rings. The molecule has 2 fully saturated rings. The van der Waals surface area contributed by atoms with E-state index in [0.717, 1.165) is 19.0 Å². The Kier molecular flexibility index (Phi) is 2.58. The van der Waals surface area contributed by atoms with E-state index in [9.17, 15) is 4.79 Å². The van der Waals surface area contributed by atoms with Gasteiger partial charge < -0.3 is 5.11 Å². The molecule has 1 aliphatic heterocycles. The lowest BCUT2D eigenvalue weighted by Crippen LogP contribution is -2.48. The van der Waals surface area contributed by atoms with Gasteiger partial charge in [0.05, 0.1) is 12.2 Å². The van der Waals surface area contributed by atoms with Crippen LogP contribution in [0.3, 0.4) is 0 Å². The SMILES string of the molecule is O=C(O)c1cn(C2CN(CCC3CC3)C2)nn1. The van der Waals surface area contributed by atoms with E-state index < -0.39 is 5.97 Å². The third-order valence-corrected chi connectivity index (χ3v) is 3.59. The minimum atomic E-state index is -1.01. The first kappa shape index (κ1) is 10.7. The molecule has 1 N–H and O–H groups in total. The number of carboxylic acids is 1. The lowest BCUT2D eigenvalue weighted by molar-refractivity contribution is 0.0690. The molecule has 0 bridgehead atoms. The molecule has 0 amide bonds. The van der Waals surface area contributed by atoms with Crippen LogP contribution in [0.1, 0.15) is 35.8 Å². The molecule has 3 rings (SSSR count). The first-order chi connectivity index (χ1) is 8.22. The smallest absolute Gasteiger partial charge is 0.358 e. The van der Waals surface area contributed by atoms with Crippen molar-refractivity contribution >= 4 is 5.97 Å². The summed E-state index contributed by atoms with van der Waals surface area (Å²) in [6.45, 7) is 3.10. The number of likely N-dealkylation sites (tertiary alicyclic amines) is 1. The molecule has 1 saturated carbocycles. The Hall–Kier alpha value is -1.43. The van der Waals surface area contributed by atoms with Crippen molar-refractivity contribution in [3.05, 3.63) is 11.9 Å². The number of carbonyl (C=O) groups is 1. The van der Waals surface area contributed by atoms with E-state index in [1.165, 1.54) is 32.0 Å². The molecule has 1 aliphatic carbocycles. The summed E-state index contributed by atoms with van der Waals surface area (Å²) in [6.07, 6.45) is 5.64. The van der Waals surface area contributed by atoms with Gasteiger partial charge in [-0.25, -0.2) is 9.48 Å². The van der Waals surface area contributed by atoms with Crippen LogP contribution in [0.2, 0.25) is 0 Å². The number of rotatable bonds is 5. The Balaban J connectivity index is 1.48. The summed E-state index contributed by atoms with van der Waals surface area (Å²) in [6, 6.07) is 0.301. The fourth-order valence-corrected chi connectivity index (χ4v) is 2.22. The van der Waals surface area contributed by atoms with Crippen LogP contribution in [0.15, 0.2) is 6.20 Å². The molecule has 0 spiro atoms. The van der Waals surface area contributed by atoms with Crippen LogP contribution >= 0.6 is 0 Å². The van der Waals surface area contributed by atoms with Gasteiger partial charge in [0.2, 0.25) is 0 Å². The maximum absolute atomic E-state index is 10.7. The Bertz CT molecular complexity index is 421. The maximum Gasteiger partial charge on any atom is 0.358 e. The number of hydrogen-bond acceptors (Lipinski definition) is 4. The van der Waals surface area contributed by atoms with E-state index in [2.05, 4.69) is 15.2 Å². The van der Waals surface area contributed by atoms with Gasteiger partial charge in [0, 0.05) is 13.1 Å². The van der Waals surface area contributed by atoms with Crippen molar-refractivity contribution in [3.8, 4) is 0 Å². The predicted octanol–water partition coefficient (Wildman–Crippen LogP) is 0.633. The number of aromatic carboxylic acids is 1. The van der Waals surface area contributed by atoms with E-state index in [-0.39, 0.29) is 5.69 Å². The molecule has 0 radical (unpaired) electrons. The van der Waals surface area contributed by atoms with Gasteiger partial charge >= 0.3 is 5.97 Å². The number of carboxylic acid groups (broad SMARTS) is 1. The highest BCUT2D eigenvalue weighted by Crippen LogP contribution is 2.33. The molecule has 1 aromatic rings. The second kappa shape index (κ2) is 4.10. The van der Waals surface area contributed by atoms with Gasteiger partial charge in [0.15, 0.2) is 5.69 Å². The third kappa shape index (κ3) is 2.31. The molecular weight excluding hydrogens is 220 g/mol. The topological polar surface area (TPSA) is 71.2 Å². The van der Waals surface area contributed by atoms with Gasteiger partial charge in [-0.3, -0.25) is 4.90 Å². The number of hydrogen-bond donors (Lipinski definition) is 1. The lowest BCUT2D eigenvalue weighted by atomic mass is 10.1. The molecule has 0 atom stereocenters. The quantitative estimate of drug-likeness (QED) is 0.812. The van der Waals surface area contributed by atoms with Crippen molar-refractivity contribution in [2.24, 2.45) is 5.92 Å². The van der Waals surface area contributed by atoms with Crippen LogP contribution in [0.5, 0.6) is 0 Å². The average molecular weight is 236 g/mol. The van der Waals surface area contributed by atoms with Crippen molar-refractivity contribution in [2.45, 2.75) is 25.3 Å². The minimum Gasteiger partial charge on any atom is -0.476 e. The summed E-state index contributed by atoms with van der Waals surface area (Å²) in [7, 11) is 0. The minimum absolute atomic E-state index is 0.0291. The van der Waals surface area contributed by atoms with Crippen molar-refractivity contribution in [3.63, 3.8) is 0 Å². The zero-order valence-electron chi connectivity index (χ0n) is 9.62. The fourth-order valence-electron chi connectivity index (χ4n) is 2.22. The Morgan fingerprint density at radius 2 is 2.24 bits per heavy atom. The summed E-state index contributed by atoms with van der Waals surface area (Å²) in [4.78, 5) is 13.1. The number of nitrogens with zero attached hydrogens (tertiary/aromatic N) is 4. The van der Waals surface area contributed by atoms with Gasteiger partial charge in [-0.1, -0.05) is 18.1 Å². The fraction of sp³-hybridized carbons (Fsp3) is 0.727. The van der Waals surface area contributed by atoms with Crippen LogP contribution in [0.25, 0.3) is 0 Å². The average Bonchev–Trinajstić information content (AvgIpc) is 2.92. The summed E-state index contributed by atoms with van der Waals surface area (Å²) in [5.41, 5.74) is 0.0291. The molecule has 6 nitrogen and oxygen atoms in total. The zero-order valence-corrected chi connectivity index (χ0v) is 9.62. The highest BCUT2D eigenvalue weighted by atomic mass is 16.4. The van der Waals surface area contributed by atoms with Crippen LogP contribution in [-0.2, 0) is 0 Å². The Morgan fingerprint density at radius 3 is 2.82 bits per heavy atom. The number of aromatic nitrogens is 3. The largest absolute Gasteiger partial charge is 0.476 e. The summed E-state index contributed by atoms with van der Waals surface area (Å²) in [5.74, 6) is -0.0415. The van der Waals surface area contributed by atoms with Gasteiger partial charge in [-0.2, -0.15) is 0 Å². The monoisotopic (exact) mass is 236 g/mol. The third-order valence-electron chi connectivity index (χ3n) is 3.59. The predicted molar refractivity (Wildman–Crippen MR) is 59.8 cm³/mol. The molecule has 1 aromatic heterocycles. The van der Waals surface area contributed by atoms with Crippen molar-refractivity contribution in [1.29, 1.82) is 0 Å². The zero-order chi connectivity index (χ0) is 11.8. The molecule has 2 heterocycles. The standard InChI is InChI=1S/C11H16N4O2/c16-11(17)10-7-15(13-12-10)9-5-14(6-9)4-3-8-1-2-8/h7-9H,1-6H2,(H,16,17). The van der Waals surface area contributed by atoms with E-state index in [4.69, 9.17) is 5.11 Å². The maximum atomic E-state index is 10.7. The van der Waals surface area contributed by atoms with E-state index in [1.54, 1.807) is 4.68 Å². The molecule has 17 heavy (non-hydrogen) atoms. The normalized spacial score (nSPS) is 21.4. The molecular formula is C11H16N4O2. The van der Waals surface area contributed by atoms with E-state index in [0.29, 0.717) is 6.04 Å². The van der Waals surface area contributed by atoms with E-state index in [1.807, 2.05) is 0 Å².